The molecule has 2 aromatic rings. The molecule has 1 unspecified atom stereocenters. The zero-order valence-electron chi connectivity index (χ0n) is 9.30. The van der Waals surface area contributed by atoms with Crippen molar-refractivity contribution in [1.82, 2.24) is 4.98 Å². The molecule has 0 bridgehead atoms. The maximum absolute atomic E-state index is 10.0. The van der Waals surface area contributed by atoms with Crippen LogP contribution >= 0.6 is 0 Å². The maximum Gasteiger partial charge on any atom is 0.1000 e. The zero-order chi connectivity index (χ0) is 11.4. The van der Waals surface area contributed by atoms with Gasteiger partial charge in [-0.2, -0.15) is 0 Å². The number of aliphatic hydroxyl groups is 1. The molecule has 0 saturated carbocycles. The zero-order valence-corrected chi connectivity index (χ0v) is 9.30. The molecular formula is C14H15NO. The summed E-state index contributed by atoms with van der Waals surface area (Å²) in [5.41, 5.74) is 2.99. The molecule has 1 atom stereocenters. The highest BCUT2D eigenvalue weighted by molar-refractivity contribution is 5.20. The Morgan fingerprint density at radius 2 is 1.94 bits per heavy atom. The topological polar surface area (TPSA) is 33.1 Å². The first-order valence-corrected chi connectivity index (χ1v) is 5.40. The summed E-state index contributed by atoms with van der Waals surface area (Å²) in [7, 11) is 0. The number of aromatic nitrogens is 1. The molecule has 1 heterocycles. The first kappa shape index (κ1) is 10.8. The fraction of sp³-hybridized carbons (Fsp3) is 0.214. The van der Waals surface area contributed by atoms with Crippen molar-refractivity contribution in [2.24, 2.45) is 0 Å². The molecule has 1 N–H and O–H groups in total. The Kier molecular flexibility index (Phi) is 3.32. The van der Waals surface area contributed by atoms with Gasteiger partial charge in [-0.15, -0.1) is 0 Å². The molecule has 82 valence electrons. The lowest BCUT2D eigenvalue weighted by Crippen LogP contribution is -2.04. The van der Waals surface area contributed by atoms with Crippen LogP contribution in [0.15, 0.2) is 48.7 Å². The highest BCUT2D eigenvalue weighted by atomic mass is 16.3. The van der Waals surface area contributed by atoms with Crippen LogP contribution in [0.4, 0.5) is 0 Å². The second-order valence-corrected chi connectivity index (χ2v) is 3.96. The standard InChI is InChI=1S/C14H15NO/c1-11-7-8-15-13(9-11)14(16)10-12-5-3-2-4-6-12/h2-9,14,16H,10H2,1H3. The summed E-state index contributed by atoms with van der Waals surface area (Å²) in [4.78, 5) is 4.19. The van der Waals surface area contributed by atoms with Gasteiger partial charge in [-0.1, -0.05) is 30.3 Å². The van der Waals surface area contributed by atoms with E-state index in [-0.39, 0.29) is 0 Å². The number of benzene rings is 1. The van der Waals surface area contributed by atoms with Crippen molar-refractivity contribution in [3.63, 3.8) is 0 Å². The monoisotopic (exact) mass is 213 g/mol. The number of rotatable bonds is 3. The molecule has 0 spiro atoms. The van der Waals surface area contributed by atoms with E-state index in [9.17, 15) is 5.11 Å². The van der Waals surface area contributed by atoms with Crippen molar-refractivity contribution in [2.75, 3.05) is 0 Å². The predicted octanol–water partition coefficient (Wildman–Crippen LogP) is 2.67. The lowest BCUT2D eigenvalue weighted by molar-refractivity contribution is 0.173. The Morgan fingerprint density at radius 3 is 2.62 bits per heavy atom. The first-order valence-electron chi connectivity index (χ1n) is 5.40. The first-order chi connectivity index (χ1) is 7.75. The molecule has 1 aromatic carbocycles. The smallest absolute Gasteiger partial charge is 0.1000 e. The Balaban J connectivity index is 2.12. The van der Waals surface area contributed by atoms with Crippen LogP contribution in [0.2, 0.25) is 0 Å². The molecule has 0 fully saturated rings. The number of hydrogen-bond acceptors (Lipinski definition) is 2. The number of aryl methyl sites for hydroxylation is 1. The maximum atomic E-state index is 10.0. The van der Waals surface area contributed by atoms with Gasteiger partial charge in [0.15, 0.2) is 0 Å². The third kappa shape index (κ3) is 2.67. The quantitative estimate of drug-likeness (QED) is 0.850. The van der Waals surface area contributed by atoms with Crippen LogP contribution in [0.5, 0.6) is 0 Å². The minimum Gasteiger partial charge on any atom is -0.386 e. The van der Waals surface area contributed by atoms with Crippen LogP contribution in [0.3, 0.4) is 0 Å². The molecule has 2 nitrogen and oxygen atoms in total. The van der Waals surface area contributed by atoms with Crippen molar-refractivity contribution < 1.29 is 5.11 Å². The molecule has 16 heavy (non-hydrogen) atoms. The van der Waals surface area contributed by atoms with E-state index < -0.39 is 6.10 Å². The van der Waals surface area contributed by atoms with E-state index in [0.29, 0.717) is 6.42 Å². The van der Waals surface area contributed by atoms with E-state index in [4.69, 9.17) is 0 Å². The molecular weight excluding hydrogens is 198 g/mol. The fourth-order valence-corrected chi connectivity index (χ4v) is 1.68. The lowest BCUT2D eigenvalue weighted by Gasteiger charge is -2.10. The summed E-state index contributed by atoms with van der Waals surface area (Å²) >= 11 is 0. The predicted molar refractivity (Wildman–Crippen MR) is 64.1 cm³/mol. The summed E-state index contributed by atoms with van der Waals surface area (Å²) in [6.45, 7) is 2.00. The van der Waals surface area contributed by atoms with Gasteiger partial charge < -0.3 is 5.11 Å². The summed E-state index contributed by atoms with van der Waals surface area (Å²) < 4.78 is 0. The summed E-state index contributed by atoms with van der Waals surface area (Å²) in [5.74, 6) is 0. The van der Waals surface area contributed by atoms with Crippen molar-refractivity contribution in [2.45, 2.75) is 19.4 Å². The lowest BCUT2D eigenvalue weighted by atomic mass is 10.0. The fourth-order valence-electron chi connectivity index (χ4n) is 1.68. The van der Waals surface area contributed by atoms with Gasteiger partial charge in [-0.3, -0.25) is 4.98 Å². The van der Waals surface area contributed by atoms with Crippen molar-refractivity contribution >= 4 is 0 Å². The van der Waals surface area contributed by atoms with Crippen LogP contribution < -0.4 is 0 Å². The van der Waals surface area contributed by atoms with Crippen molar-refractivity contribution in [3.8, 4) is 0 Å². The second-order valence-electron chi connectivity index (χ2n) is 3.96. The van der Waals surface area contributed by atoms with Gasteiger partial charge in [0.05, 0.1) is 11.8 Å². The third-order valence-electron chi connectivity index (χ3n) is 2.55. The van der Waals surface area contributed by atoms with E-state index >= 15 is 0 Å². The Bertz CT molecular complexity index is 453. The number of aliphatic hydroxyl groups excluding tert-OH is 1. The van der Waals surface area contributed by atoms with Crippen LogP contribution in [-0.2, 0) is 6.42 Å². The average molecular weight is 213 g/mol. The second kappa shape index (κ2) is 4.90. The molecule has 0 amide bonds. The van der Waals surface area contributed by atoms with E-state index in [0.717, 1.165) is 16.8 Å². The van der Waals surface area contributed by atoms with Gasteiger partial charge in [0.1, 0.15) is 0 Å². The molecule has 0 saturated heterocycles. The largest absolute Gasteiger partial charge is 0.386 e. The van der Waals surface area contributed by atoms with Gasteiger partial charge in [-0.25, -0.2) is 0 Å². The van der Waals surface area contributed by atoms with Gasteiger partial charge >= 0.3 is 0 Å². The summed E-state index contributed by atoms with van der Waals surface area (Å²) in [5, 5.41) is 10.0. The van der Waals surface area contributed by atoms with E-state index in [1.807, 2.05) is 49.4 Å². The van der Waals surface area contributed by atoms with Gasteiger partial charge in [0, 0.05) is 12.6 Å². The Morgan fingerprint density at radius 1 is 1.19 bits per heavy atom. The highest BCUT2D eigenvalue weighted by Gasteiger charge is 2.09. The van der Waals surface area contributed by atoms with Crippen LogP contribution in [0.25, 0.3) is 0 Å². The molecule has 0 aliphatic rings. The van der Waals surface area contributed by atoms with E-state index in [1.54, 1.807) is 6.20 Å². The Labute approximate surface area is 95.6 Å². The third-order valence-corrected chi connectivity index (χ3v) is 2.55. The molecule has 1 aromatic heterocycles. The highest BCUT2D eigenvalue weighted by Crippen LogP contribution is 2.16. The van der Waals surface area contributed by atoms with E-state index in [1.165, 1.54) is 0 Å². The van der Waals surface area contributed by atoms with Gasteiger partial charge in [0.2, 0.25) is 0 Å². The van der Waals surface area contributed by atoms with Gasteiger partial charge in [0.25, 0.3) is 0 Å². The molecule has 0 aliphatic heterocycles. The molecule has 2 rings (SSSR count). The van der Waals surface area contributed by atoms with Crippen LogP contribution in [-0.4, -0.2) is 10.1 Å². The SMILES string of the molecule is Cc1ccnc(C(O)Cc2ccccc2)c1. The van der Waals surface area contributed by atoms with Crippen molar-refractivity contribution in [1.29, 1.82) is 0 Å². The summed E-state index contributed by atoms with van der Waals surface area (Å²) in [6, 6.07) is 13.8. The normalized spacial score (nSPS) is 12.4. The number of hydrogen-bond donors (Lipinski definition) is 1. The van der Waals surface area contributed by atoms with Crippen molar-refractivity contribution in [3.05, 3.63) is 65.5 Å². The summed E-state index contributed by atoms with van der Waals surface area (Å²) in [6.07, 6.45) is 1.82. The van der Waals surface area contributed by atoms with E-state index in [2.05, 4.69) is 4.98 Å². The molecule has 0 radical (unpaired) electrons. The number of nitrogens with zero attached hydrogens (tertiary/aromatic N) is 1. The van der Waals surface area contributed by atoms with Crippen LogP contribution in [0.1, 0.15) is 22.9 Å². The van der Waals surface area contributed by atoms with Gasteiger partial charge in [-0.05, 0) is 30.2 Å². The minimum atomic E-state index is -0.526. The Hall–Kier alpha value is -1.67. The number of pyridine rings is 1. The molecule has 2 heteroatoms. The minimum absolute atomic E-state index is 0.526. The molecule has 0 aliphatic carbocycles. The average Bonchev–Trinajstić information content (AvgIpc) is 2.30. The van der Waals surface area contributed by atoms with Crippen LogP contribution in [0, 0.1) is 6.92 Å².